The average molecular weight is 446 g/mol. The number of hydrogen-bond donors (Lipinski definition) is 2. The van der Waals surface area contributed by atoms with Crippen LogP contribution in [0.2, 0.25) is 0 Å². The number of Topliss-reactive ketones (excluding diaryl/α,β-unsaturated/α-hetero) is 1. The molecule has 0 amide bonds. The second-order valence-electron chi connectivity index (χ2n) is 7.23. The van der Waals surface area contributed by atoms with Gasteiger partial charge in [-0.2, -0.15) is 0 Å². The zero-order valence-electron chi connectivity index (χ0n) is 17.8. The molecule has 166 valence electrons. The molecule has 0 aliphatic rings. The molecule has 0 saturated carbocycles. The first kappa shape index (κ1) is 20.2. The van der Waals surface area contributed by atoms with Crippen LogP contribution in [-0.2, 0) is 0 Å². The van der Waals surface area contributed by atoms with Crippen molar-refractivity contribution >= 4 is 27.9 Å². The number of fused-ring (bicyclic) bond motifs is 2. The highest BCUT2D eigenvalue weighted by Crippen LogP contribution is 2.39. The maximum atomic E-state index is 12.3. The molecule has 0 aliphatic heterocycles. The smallest absolute Gasteiger partial charge is 0.174 e. The van der Waals surface area contributed by atoms with Crippen LogP contribution >= 0.6 is 0 Å². The van der Waals surface area contributed by atoms with Crippen molar-refractivity contribution in [2.75, 3.05) is 14.2 Å². The molecule has 0 spiro atoms. The Morgan fingerprint density at radius 1 is 0.758 bits per heavy atom. The third-order valence-corrected chi connectivity index (χ3v) is 5.20. The molecule has 0 fully saturated rings. The molecule has 2 heterocycles. The van der Waals surface area contributed by atoms with Gasteiger partial charge in [-0.3, -0.25) is 4.79 Å². The summed E-state index contributed by atoms with van der Waals surface area (Å²) in [6.07, 6.45) is 0. The van der Waals surface area contributed by atoms with E-state index >= 15 is 0 Å². The molecule has 0 radical (unpaired) electrons. The van der Waals surface area contributed by atoms with Gasteiger partial charge in [0.2, 0.25) is 0 Å². The van der Waals surface area contributed by atoms with Crippen LogP contribution in [0, 0.1) is 0 Å². The fourth-order valence-corrected chi connectivity index (χ4v) is 3.50. The van der Waals surface area contributed by atoms with Crippen molar-refractivity contribution < 1.29 is 24.5 Å². The summed E-state index contributed by atoms with van der Waals surface area (Å²) >= 11 is 0. The van der Waals surface area contributed by atoms with Crippen molar-refractivity contribution in [1.82, 2.24) is 30.0 Å². The predicted molar refractivity (Wildman–Crippen MR) is 118 cm³/mol. The normalized spacial score (nSPS) is 11.2. The van der Waals surface area contributed by atoms with Crippen molar-refractivity contribution in [3.63, 3.8) is 0 Å². The number of aromatic nitrogens is 6. The number of methoxy groups -OCH3 is 2. The maximum Gasteiger partial charge on any atom is 0.174 e. The molecule has 0 saturated heterocycles. The average Bonchev–Trinajstić information content (AvgIpc) is 3.41. The third kappa shape index (κ3) is 3.26. The Bertz CT molecular complexity index is 1550. The lowest BCUT2D eigenvalue weighted by Gasteiger charge is -2.13. The van der Waals surface area contributed by atoms with E-state index in [9.17, 15) is 15.0 Å². The molecule has 11 nitrogen and oxygen atoms in total. The van der Waals surface area contributed by atoms with E-state index in [1.807, 2.05) is 0 Å². The molecule has 0 bridgehead atoms. The lowest BCUT2D eigenvalue weighted by atomic mass is 10.1. The Morgan fingerprint density at radius 3 is 1.82 bits per heavy atom. The zero-order valence-corrected chi connectivity index (χ0v) is 17.8. The van der Waals surface area contributed by atoms with Crippen LogP contribution in [0.3, 0.4) is 0 Å². The Hall–Kier alpha value is -4.67. The molecular weight excluding hydrogens is 428 g/mol. The van der Waals surface area contributed by atoms with Gasteiger partial charge >= 0.3 is 0 Å². The topological polar surface area (TPSA) is 137 Å². The maximum absolute atomic E-state index is 12.3. The minimum absolute atomic E-state index is 0.0457. The van der Waals surface area contributed by atoms with Gasteiger partial charge in [0.1, 0.15) is 39.3 Å². The number of phenolic OH excluding ortho intramolecular Hbond substituents is 2. The van der Waals surface area contributed by atoms with Crippen LogP contribution in [-0.4, -0.2) is 60.2 Å². The van der Waals surface area contributed by atoms with E-state index in [0.717, 1.165) is 4.80 Å². The Labute approximate surface area is 186 Å². The van der Waals surface area contributed by atoms with E-state index in [-0.39, 0.29) is 16.9 Å². The SMILES string of the molecule is COc1ccc2nn(-c3cc(C(C)=O)c(O)c(-n4nc5ccc(OC)cc5n4)c3O)nc2c1. The van der Waals surface area contributed by atoms with Crippen molar-refractivity contribution in [2.24, 2.45) is 0 Å². The number of aromatic hydroxyl groups is 2. The molecule has 0 atom stereocenters. The summed E-state index contributed by atoms with van der Waals surface area (Å²) in [7, 11) is 3.07. The van der Waals surface area contributed by atoms with Gasteiger partial charge in [0.25, 0.3) is 0 Å². The first-order chi connectivity index (χ1) is 15.9. The van der Waals surface area contributed by atoms with Gasteiger partial charge in [-0.05, 0) is 37.3 Å². The Balaban J connectivity index is 1.75. The van der Waals surface area contributed by atoms with Gasteiger partial charge in [0, 0.05) is 12.1 Å². The Kier molecular flexibility index (Phi) is 4.59. The molecular formula is C22H18N6O5. The fraction of sp³-hybridized carbons (Fsp3) is 0.136. The van der Waals surface area contributed by atoms with E-state index in [0.29, 0.717) is 33.6 Å². The minimum Gasteiger partial charge on any atom is -0.505 e. The van der Waals surface area contributed by atoms with Crippen LogP contribution in [0.1, 0.15) is 17.3 Å². The number of hydrogen-bond acceptors (Lipinski definition) is 9. The minimum atomic E-state index is -0.464. The van der Waals surface area contributed by atoms with Crippen molar-refractivity contribution in [1.29, 1.82) is 0 Å². The standard InChI is InChI=1S/C22H18N6O5/c1-11(29)14-10-19(27-23-15-6-4-12(32-2)8-17(15)25-27)22(31)20(21(14)30)28-24-16-7-5-13(33-3)9-18(16)26-28/h4-10,30-31H,1-3H3. The van der Waals surface area contributed by atoms with Crippen molar-refractivity contribution in [3.05, 3.63) is 48.0 Å². The number of rotatable bonds is 5. The molecule has 33 heavy (non-hydrogen) atoms. The fourth-order valence-electron chi connectivity index (χ4n) is 3.50. The molecule has 2 aromatic heterocycles. The second kappa shape index (κ2) is 7.48. The first-order valence-electron chi connectivity index (χ1n) is 9.82. The molecule has 2 N–H and O–H groups in total. The molecule has 5 rings (SSSR count). The van der Waals surface area contributed by atoms with Crippen LogP contribution < -0.4 is 9.47 Å². The number of phenols is 2. The summed E-state index contributed by atoms with van der Waals surface area (Å²) < 4.78 is 10.4. The van der Waals surface area contributed by atoms with Gasteiger partial charge in [-0.25, -0.2) is 0 Å². The van der Waals surface area contributed by atoms with Gasteiger partial charge in [-0.15, -0.1) is 30.0 Å². The summed E-state index contributed by atoms with van der Waals surface area (Å²) in [4.78, 5) is 14.5. The van der Waals surface area contributed by atoms with E-state index in [4.69, 9.17) is 9.47 Å². The van der Waals surface area contributed by atoms with E-state index in [2.05, 4.69) is 20.4 Å². The molecule has 11 heteroatoms. The van der Waals surface area contributed by atoms with E-state index < -0.39 is 17.3 Å². The number of carbonyl (C=O) groups is 1. The van der Waals surface area contributed by atoms with Crippen LogP contribution in [0.15, 0.2) is 42.5 Å². The molecule has 0 aliphatic carbocycles. The largest absolute Gasteiger partial charge is 0.505 e. The lowest BCUT2D eigenvalue weighted by molar-refractivity contribution is 0.101. The number of ether oxygens (including phenoxy) is 2. The third-order valence-electron chi connectivity index (χ3n) is 5.20. The summed E-state index contributed by atoms with van der Waals surface area (Å²) in [6, 6.07) is 11.5. The summed E-state index contributed by atoms with van der Waals surface area (Å²) in [5.74, 6) is -0.125. The highest BCUT2D eigenvalue weighted by molar-refractivity contribution is 5.99. The second-order valence-corrected chi connectivity index (χ2v) is 7.23. The van der Waals surface area contributed by atoms with Crippen LogP contribution in [0.25, 0.3) is 33.4 Å². The number of carbonyl (C=O) groups excluding carboxylic acids is 1. The Morgan fingerprint density at radius 2 is 1.27 bits per heavy atom. The van der Waals surface area contributed by atoms with Crippen LogP contribution in [0.5, 0.6) is 23.0 Å². The number of ketones is 1. The molecule has 0 unspecified atom stereocenters. The van der Waals surface area contributed by atoms with E-state index in [1.165, 1.54) is 24.9 Å². The molecule has 3 aromatic carbocycles. The summed E-state index contributed by atoms with van der Waals surface area (Å²) in [5, 5.41) is 39.4. The number of nitrogens with zero attached hydrogens (tertiary/aromatic N) is 6. The van der Waals surface area contributed by atoms with Crippen molar-refractivity contribution in [3.8, 4) is 34.4 Å². The lowest BCUT2D eigenvalue weighted by Crippen LogP contribution is -2.08. The number of benzene rings is 3. The quantitative estimate of drug-likeness (QED) is 0.390. The monoisotopic (exact) mass is 446 g/mol. The first-order valence-corrected chi connectivity index (χ1v) is 9.82. The van der Waals surface area contributed by atoms with Gasteiger partial charge in [-0.1, -0.05) is 0 Å². The van der Waals surface area contributed by atoms with Crippen LogP contribution in [0.4, 0.5) is 0 Å². The summed E-state index contributed by atoms with van der Waals surface area (Å²) in [6.45, 7) is 1.30. The van der Waals surface area contributed by atoms with E-state index in [1.54, 1.807) is 43.5 Å². The van der Waals surface area contributed by atoms with Gasteiger partial charge < -0.3 is 19.7 Å². The zero-order chi connectivity index (χ0) is 23.3. The van der Waals surface area contributed by atoms with Crippen molar-refractivity contribution in [2.45, 2.75) is 6.92 Å². The highest BCUT2D eigenvalue weighted by atomic mass is 16.5. The highest BCUT2D eigenvalue weighted by Gasteiger charge is 2.25. The predicted octanol–water partition coefficient (Wildman–Crippen LogP) is 2.79. The van der Waals surface area contributed by atoms with Gasteiger partial charge in [0.05, 0.1) is 19.8 Å². The van der Waals surface area contributed by atoms with Gasteiger partial charge in [0.15, 0.2) is 23.0 Å². The summed E-state index contributed by atoms with van der Waals surface area (Å²) in [5.41, 5.74) is 1.88. The molecule has 5 aromatic rings.